The molecule has 0 spiro atoms. The van der Waals surface area contributed by atoms with Gasteiger partial charge >= 0.3 is 0 Å². The molecule has 4 N–H and O–H groups in total. The summed E-state index contributed by atoms with van der Waals surface area (Å²) in [5, 5.41) is 4.00. The lowest BCUT2D eigenvalue weighted by Crippen LogP contribution is -2.41. The van der Waals surface area contributed by atoms with Crippen molar-refractivity contribution >= 4 is 48.9 Å². The molecule has 1 unspecified atom stereocenters. The molecule has 3 aromatic rings. The van der Waals surface area contributed by atoms with Crippen molar-refractivity contribution < 1.29 is 9.53 Å². The predicted octanol–water partition coefficient (Wildman–Crippen LogP) is 2.01. The minimum atomic E-state index is -0.803. The number of hydrogen-bond acceptors (Lipinski definition) is 6. The van der Waals surface area contributed by atoms with Crippen LogP contribution >= 0.6 is 22.7 Å². The van der Waals surface area contributed by atoms with Crippen molar-refractivity contribution in [1.82, 2.24) is 4.98 Å². The number of fused-ring (bicyclic) bond motifs is 3. The molecule has 1 amide bonds. The number of hydrogen-bond donors (Lipinski definition) is 2. The van der Waals surface area contributed by atoms with Crippen LogP contribution in [0, 0.1) is 6.92 Å². The number of nitrogens with two attached hydrogens (primary N) is 2. The molecule has 0 radical (unpaired) electrons. The van der Waals surface area contributed by atoms with Gasteiger partial charge in [0, 0.05) is 11.5 Å². The minimum Gasteiger partial charge on any atom is -0.491 e. The number of thiazole rings is 1. The van der Waals surface area contributed by atoms with Gasteiger partial charge in [-0.1, -0.05) is 0 Å². The van der Waals surface area contributed by atoms with Gasteiger partial charge in [0.25, 0.3) is 0 Å². The summed E-state index contributed by atoms with van der Waals surface area (Å²) >= 11 is 3.24. The first-order valence-corrected chi connectivity index (χ1v) is 7.71. The molecule has 0 bridgehead atoms. The van der Waals surface area contributed by atoms with Crippen LogP contribution < -0.4 is 16.2 Å². The molecule has 104 valence electrons. The van der Waals surface area contributed by atoms with E-state index in [0.29, 0.717) is 5.75 Å². The Hall–Kier alpha value is -1.70. The largest absolute Gasteiger partial charge is 0.491 e. The molecule has 0 aliphatic heterocycles. The predicted molar refractivity (Wildman–Crippen MR) is 82.4 cm³/mol. The average Bonchev–Trinajstić information content (AvgIpc) is 3.00. The topological polar surface area (TPSA) is 91.2 Å². The van der Waals surface area contributed by atoms with Crippen molar-refractivity contribution in [2.75, 3.05) is 6.61 Å². The molecule has 2 heterocycles. The van der Waals surface area contributed by atoms with E-state index in [4.69, 9.17) is 16.2 Å². The van der Waals surface area contributed by atoms with Crippen LogP contribution in [0.2, 0.25) is 0 Å². The van der Waals surface area contributed by atoms with Crippen molar-refractivity contribution in [2.24, 2.45) is 11.5 Å². The van der Waals surface area contributed by atoms with Crippen LogP contribution in [0.4, 0.5) is 0 Å². The molecule has 5 nitrogen and oxygen atoms in total. The van der Waals surface area contributed by atoms with E-state index in [1.807, 2.05) is 24.4 Å². The summed E-state index contributed by atoms with van der Waals surface area (Å²) in [5.74, 6) is 0.148. The molecule has 0 saturated heterocycles. The molecule has 0 aliphatic rings. The van der Waals surface area contributed by atoms with E-state index in [9.17, 15) is 4.79 Å². The third kappa shape index (κ3) is 2.24. The monoisotopic (exact) mass is 307 g/mol. The lowest BCUT2D eigenvalue weighted by molar-refractivity contribution is -0.119. The summed E-state index contributed by atoms with van der Waals surface area (Å²) in [6.07, 6.45) is 0. The molecule has 2 aromatic heterocycles. The van der Waals surface area contributed by atoms with Crippen molar-refractivity contribution in [3.05, 3.63) is 22.5 Å². The molecular weight excluding hydrogens is 294 g/mol. The summed E-state index contributed by atoms with van der Waals surface area (Å²) in [5.41, 5.74) is 11.7. The average molecular weight is 307 g/mol. The second kappa shape index (κ2) is 5.01. The molecule has 0 fully saturated rings. The Kier molecular flexibility index (Phi) is 3.33. The Morgan fingerprint density at radius 1 is 1.55 bits per heavy atom. The van der Waals surface area contributed by atoms with Crippen molar-refractivity contribution in [3.63, 3.8) is 0 Å². The molecule has 1 atom stereocenters. The Morgan fingerprint density at radius 2 is 2.35 bits per heavy atom. The van der Waals surface area contributed by atoms with Crippen LogP contribution in [0.15, 0.2) is 17.5 Å². The van der Waals surface area contributed by atoms with Gasteiger partial charge in [0.15, 0.2) is 0 Å². The fraction of sp³-hybridized carbons (Fsp3) is 0.231. The highest BCUT2D eigenvalue weighted by Crippen LogP contribution is 2.38. The van der Waals surface area contributed by atoms with E-state index in [-0.39, 0.29) is 6.61 Å². The van der Waals surface area contributed by atoms with E-state index >= 15 is 0 Å². The third-order valence-electron chi connectivity index (χ3n) is 2.95. The first-order chi connectivity index (χ1) is 9.56. The van der Waals surface area contributed by atoms with Crippen molar-refractivity contribution in [2.45, 2.75) is 13.0 Å². The van der Waals surface area contributed by atoms with Gasteiger partial charge < -0.3 is 16.2 Å². The molecule has 20 heavy (non-hydrogen) atoms. The molecule has 3 rings (SSSR count). The van der Waals surface area contributed by atoms with E-state index < -0.39 is 11.9 Å². The Labute approximate surface area is 123 Å². The number of aromatic nitrogens is 1. The van der Waals surface area contributed by atoms with E-state index in [2.05, 4.69) is 4.98 Å². The van der Waals surface area contributed by atoms with E-state index in [1.165, 1.54) is 0 Å². The van der Waals surface area contributed by atoms with E-state index in [0.717, 1.165) is 25.3 Å². The number of carbonyl (C=O) groups is 1. The number of nitrogens with zero attached hydrogens (tertiary/aromatic N) is 1. The molecule has 1 aromatic carbocycles. The molecule has 7 heteroatoms. The summed E-state index contributed by atoms with van der Waals surface area (Å²) < 4.78 is 7.84. The Balaban J connectivity index is 2.04. The first kappa shape index (κ1) is 13.3. The zero-order chi connectivity index (χ0) is 14.3. The number of primary amides is 1. The normalized spacial score (nSPS) is 12.9. The lowest BCUT2D eigenvalue weighted by Gasteiger charge is -2.11. The van der Waals surface area contributed by atoms with Gasteiger partial charge in [0.1, 0.15) is 18.4 Å². The number of ether oxygens (including phenoxy) is 1. The molecular formula is C13H13N3O2S2. The summed E-state index contributed by atoms with van der Waals surface area (Å²) in [4.78, 5) is 15.5. The number of benzene rings is 1. The van der Waals surface area contributed by atoms with Crippen LogP contribution in [0.25, 0.3) is 20.3 Å². The zero-order valence-corrected chi connectivity index (χ0v) is 12.4. The third-order valence-corrected chi connectivity index (χ3v) is 4.79. The smallest absolute Gasteiger partial charge is 0.237 e. The number of aryl methyl sites for hydroxylation is 1. The maximum atomic E-state index is 11.0. The van der Waals surface area contributed by atoms with Gasteiger partial charge in [-0.05, 0) is 18.4 Å². The number of carbonyl (C=O) groups excluding carboxylic acids is 1. The van der Waals surface area contributed by atoms with Crippen LogP contribution in [-0.2, 0) is 4.79 Å². The highest BCUT2D eigenvalue weighted by Gasteiger charge is 2.15. The maximum Gasteiger partial charge on any atom is 0.237 e. The summed E-state index contributed by atoms with van der Waals surface area (Å²) in [6.45, 7) is 2.05. The van der Waals surface area contributed by atoms with Crippen LogP contribution in [-0.4, -0.2) is 23.5 Å². The van der Waals surface area contributed by atoms with Gasteiger partial charge in [0.05, 0.1) is 19.9 Å². The quantitative estimate of drug-likeness (QED) is 0.771. The highest BCUT2D eigenvalue weighted by molar-refractivity contribution is 7.21. The van der Waals surface area contributed by atoms with E-state index in [1.54, 1.807) is 22.7 Å². The molecule has 0 saturated carbocycles. The maximum absolute atomic E-state index is 11.0. The van der Waals surface area contributed by atoms with Gasteiger partial charge in [-0.15, -0.1) is 22.7 Å². The van der Waals surface area contributed by atoms with Gasteiger partial charge in [-0.25, -0.2) is 4.98 Å². The SMILES string of the molecule is Cc1nc2c(cc(OCC(N)C(N)=O)c3ccsc32)s1. The zero-order valence-electron chi connectivity index (χ0n) is 10.8. The van der Waals surface area contributed by atoms with Crippen LogP contribution in [0.1, 0.15) is 5.01 Å². The summed E-state index contributed by atoms with van der Waals surface area (Å²) in [7, 11) is 0. The number of amides is 1. The first-order valence-electron chi connectivity index (χ1n) is 6.01. The van der Waals surface area contributed by atoms with Crippen LogP contribution in [0.3, 0.4) is 0 Å². The fourth-order valence-electron chi connectivity index (χ4n) is 1.97. The van der Waals surface area contributed by atoms with Gasteiger partial charge in [-0.3, -0.25) is 4.79 Å². The van der Waals surface area contributed by atoms with Crippen LogP contribution in [0.5, 0.6) is 5.75 Å². The van der Waals surface area contributed by atoms with Gasteiger partial charge in [-0.2, -0.15) is 0 Å². The molecule has 0 aliphatic carbocycles. The summed E-state index contributed by atoms with van der Waals surface area (Å²) in [6, 6.07) is 3.13. The standard InChI is InChI=1S/C13H13N3O2S2/c1-6-16-11-10(20-6)4-9(7-2-3-19-12(7)11)18-5-8(14)13(15)17/h2-4,8H,5,14H2,1H3,(H2,15,17). The highest BCUT2D eigenvalue weighted by atomic mass is 32.1. The minimum absolute atomic E-state index is 0.0730. The lowest BCUT2D eigenvalue weighted by atomic mass is 10.2. The second-order valence-electron chi connectivity index (χ2n) is 4.44. The second-order valence-corrected chi connectivity index (χ2v) is 6.59. The van der Waals surface area contributed by atoms with Crippen molar-refractivity contribution in [3.8, 4) is 5.75 Å². The number of thiophene rings is 1. The Morgan fingerprint density at radius 3 is 3.10 bits per heavy atom. The number of rotatable bonds is 4. The Bertz CT molecular complexity index is 793. The van der Waals surface area contributed by atoms with Gasteiger partial charge in [0.2, 0.25) is 5.91 Å². The van der Waals surface area contributed by atoms with Crippen molar-refractivity contribution in [1.29, 1.82) is 0 Å². The fourth-order valence-corrected chi connectivity index (χ4v) is 3.80.